The third kappa shape index (κ3) is 6.17. The van der Waals surface area contributed by atoms with Gasteiger partial charge in [-0.1, -0.05) is 41.7 Å². The molecule has 0 unspecified atom stereocenters. The minimum Gasteiger partial charge on any atom is -0.445 e. The number of aromatic nitrogens is 2. The van der Waals surface area contributed by atoms with Gasteiger partial charge in [-0.3, -0.25) is 10.1 Å². The predicted molar refractivity (Wildman–Crippen MR) is 95.1 cm³/mol. The zero-order chi connectivity index (χ0) is 17.2. The Hall–Kier alpha value is -2.13. The van der Waals surface area contributed by atoms with E-state index in [9.17, 15) is 9.59 Å². The summed E-state index contributed by atoms with van der Waals surface area (Å²) >= 11 is 2.81. The van der Waals surface area contributed by atoms with Crippen LogP contribution in [0.25, 0.3) is 0 Å². The maximum absolute atomic E-state index is 12.3. The molecule has 7 nitrogen and oxygen atoms in total. The second-order valence-electron chi connectivity index (χ2n) is 4.77. The molecular weight excluding hydrogens is 348 g/mol. The molecule has 2 amide bonds. The first-order valence-electron chi connectivity index (χ1n) is 7.22. The molecule has 1 atom stereocenters. The van der Waals surface area contributed by atoms with E-state index < -0.39 is 12.1 Å². The van der Waals surface area contributed by atoms with Gasteiger partial charge in [0.15, 0.2) is 0 Å². The van der Waals surface area contributed by atoms with Crippen molar-refractivity contribution in [3.05, 3.63) is 41.4 Å². The third-order valence-electron chi connectivity index (χ3n) is 3.02. The Morgan fingerprint density at radius 1 is 1.33 bits per heavy atom. The van der Waals surface area contributed by atoms with Crippen molar-refractivity contribution in [1.29, 1.82) is 0 Å². The summed E-state index contributed by atoms with van der Waals surface area (Å²) in [4.78, 5) is 24.2. The normalized spacial score (nSPS) is 11.5. The summed E-state index contributed by atoms with van der Waals surface area (Å²) < 4.78 is 5.16. The molecule has 0 saturated carbocycles. The largest absolute Gasteiger partial charge is 0.445 e. The van der Waals surface area contributed by atoms with E-state index in [1.54, 1.807) is 11.8 Å². The lowest BCUT2D eigenvalue weighted by Crippen LogP contribution is -2.44. The van der Waals surface area contributed by atoms with Crippen molar-refractivity contribution in [2.45, 2.75) is 19.1 Å². The van der Waals surface area contributed by atoms with Crippen molar-refractivity contribution in [1.82, 2.24) is 15.5 Å². The highest BCUT2D eigenvalue weighted by Crippen LogP contribution is 2.10. The molecule has 0 radical (unpaired) electrons. The van der Waals surface area contributed by atoms with Crippen LogP contribution in [0.3, 0.4) is 0 Å². The van der Waals surface area contributed by atoms with Gasteiger partial charge in [-0.15, -0.1) is 10.2 Å². The number of amides is 2. The molecule has 0 fully saturated rings. The van der Waals surface area contributed by atoms with Gasteiger partial charge in [0.2, 0.25) is 11.0 Å². The molecule has 0 aliphatic rings. The first kappa shape index (κ1) is 18.2. The second-order valence-corrected chi connectivity index (χ2v) is 6.59. The second kappa shape index (κ2) is 9.89. The molecule has 1 heterocycles. The Morgan fingerprint density at radius 3 is 2.79 bits per heavy atom. The zero-order valence-corrected chi connectivity index (χ0v) is 14.7. The highest BCUT2D eigenvalue weighted by molar-refractivity contribution is 7.98. The number of ether oxygens (including phenoxy) is 1. The van der Waals surface area contributed by atoms with Gasteiger partial charge in [-0.05, 0) is 24.0 Å². The third-order valence-corrected chi connectivity index (χ3v) is 4.27. The summed E-state index contributed by atoms with van der Waals surface area (Å²) in [5.41, 5.74) is 2.40. The molecule has 2 N–H and O–H groups in total. The summed E-state index contributed by atoms with van der Waals surface area (Å²) in [6, 6.07) is 8.66. The molecule has 9 heteroatoms. The monoisotopic (exact) mass is 366 g/mol. The van der Waals surface area contributed by atoms with Crippen LogP contribution in [0.5, 0.6) is 0 Å². The van der Waals surface area contributed by atoms with Crippen molar-refractivity contribution in [3.63, 3.8) is 0 Å². The van der Waals surface area contributed by atoms with E-state index in [1.807, 2.05) is 36.6 Å². The number of carbonyl (C=O) groups is 2. The van der Waals surface area contributed by atoms with E-state index in [-0.39, 0.29) is 12.5 Å². The van der Waals surface area contributed by atoms with E-state index in [0.29, 0.717) is 11.6 Å². The molecule has 0 aliphatic carbocycles. The van der Waals surface area contributed by atoms with Crippen LogP contribution in [0.15, 0.2) is 35.8 Å². The Bertz CT molecular complexity index is 637. The fraction of sp³-hybridized carbons (Fsp3) is 0.333. The van der Waals surface area contributed by atoms with Gasteiger partial charge < -0.3 is 10.1 Å². The summed E-state index contributed by atoms with van der Waals surface area (Å²) in [6.07, 6.45) is 1.80. The van der Waals surface area contributed by atoms with Gasteiger partial charge in [-0.25, -0.2) is 4.79 Å². The van der Waals surface area contributed by atoms with Crippen LogP contribution in [0, 0.1) is 0 Å². The van der Waals surface area contributed by atoms with Gasteiger partial charge in [0.05, 0.1) is 0 Å². The van der Waals surface area contributed by atoms with Crippen molar-refractivity contribution in [3.8, 4) is 0 Å². The summed E-state index contributed by atoms with van der Waals surface area (Å²) in [6.45, 7) is 0.153. The minimum absolute atomic E-state index is 0.153. The summed E-state index contributed by atoms with van der Waals surface area (Å²) in [7, 11) is 0. The van der Waals surface area contributed by atoms with Gasteiger partial charge in [-0.2, -0.15) is 11.8 Å². The van der Waals surface area contributed by atoms with E-state index >= 15 is 0 Å². The van der Waals surface area contributed by atoms with Gasteiger partial charge >= 0.3 is 6.09 Å². The molecule has 0 spiro atoms. The molecule has 1 aromatic carbocycles. The average Bonchev–Trinajstić information content (AvgIpc) is 3.10. The van der Waals surface area contributed by atoms with Gasteiger partial charge in [0.25, 0.3) is 0 Å². The first-order chi connectivity index (χ1) is 11.7. The van der Waals surface area contributed by atoms with Crippen molar-refractivity contribution in [2.75, 3.05) is 17.3 Å². The highest BCUT2D eigenvalue weighted by Gasteiger charge is 2.22. The fourth-order valence-electron chi connectivity index (χ4n) is 1.83. The molecule has 1 aromatic heterocycles. The maximum atomic E-state index is 12.3. The summed E-state index contributed by atoms with van der Waals surface area (Å²) in [5.74, 6) is 0.394. The van der Waals surface area contributed by atoms with Gasteiger partial charge in [0, 0.05) is 0 Å². The number of thioether (sulfide) groups is 1. The van der Waals surface area contributed by atoms with Crippen LogP contribution < -0.4 is 10.6 Å². The smallest absolute Gasteiger partial charge is 0.408 e. The minimum atomic E-state index is -0.690. The lowest BCUT2D eigenvalue weighted by Gasteiger charge is -2.17. The number of anilines is 1. The van der Waals surface area contributed by atoms with Crippen molar-refractivity contribution < 1.29 is 14.3 Å². The van der Waals surface area contributed by atoms with E-state index in [2.05, 4.69) is 20.8 Å². The van der Waals surface area contributed by atoms with Crippen LogP contribution in [0.4, 0.5) is 9.93 Å². The number of hydrogen-bond donors (Lipinski definition) is 2. The lowest BCUT2D eigenvalue weighted by atomic mass is 10.2. The quantitative estimate of drug-likeness (QED) is 0.746. The Labute approximate surface area is 148 Å². The van der Waals surface area contributed by atoms with Crippen molar-refractivity contribution >= 4 is 40.2 Å². The Morgan fingerprint density at radius 2 is 2.12 bits per heavy atom. The van der Waals surface area contributed by atoms with Crippen LogP contribution in [0.2, 0.25) is 0 Å². The van der Waals surface area contributed by atoms with Crippen LogP contribution >= 0.6 is 23.1 Å². The van der Waals surface area contributed by atoms with E-state index in [0.717, 1.165) is 11.3 Å². The number of rotatable bonds is 8. The molecule has 2 aromatic rings. The van der Waals surface area contributed by atoms with Crippen LogP contribution in [0.1, 0.15) is 12.0 Å². The SMILES string of the molecule is CSCC[C@H](NC(=O)OCc1ccccc1)C(=O)Nc1nncs1. The van der Waals surface area contributed by atoms with E-state index in [1.165, 1.54) is 16.8 Å². The van der Waals surface area contributed by atoms with Crippen molar-refractivity contribution in [2.24, 2.45) is 0 Å². The van der Waals surface area contributed by atoms with Crippen LogP contribution in [-0.2, 0) is 16.1 Å². The highest BCUT2D eigenvalue weighted by atomic mass is 32.2. The number of alkyl carbamates (subject to hydrolysis) is 1. The maximum Gasteiger partial charge on any atom is 0.408 e. The lowest BCUT2D eigenvalue weighted by molar-refractivity contribution is -0.118. The molecule has 0 saturated heterocycles. The number of nitrogens with zero attached hydrogens (tertiary/aromatic N) is 2. The first-order valence-corrected chi connectivity index (χ1v) is 9.49. The van der Waals surface area contributed by atoms with Gasteiger partial charge in [0.1, 0.15) is 18.2 Å². The molecule has 128 valence electrons. The summed E-state index contributed by atoms with van der Waals surface area (Å²) in [5, 5.41) is 13.1. The number of hydrogen-bond acceptors (Lipinski definition) is 7. The number of carbonyl (C=O) groups excluding carboxylic acids is 2. The Balaban J connectivity index is 1.87. The number of nitrogens with one attached hydrogen (secondary N) is 2. The molecule has 2 rings (SSSR count). The topological polar surface area (TPSA) is 93.2 Å². The molecular formula is C15H18N4O3S2. The number of benzene rings is 1. The van der Waals surface area contributed by atoms with Crippen LogP contribution in [-0.4, -0.2) is 40.2 Å². The van der Waals surface area contributed by atoms with E-state index in [4.69, 9.17) is 4.74 Å². The Kier molecular flexibility index (Phi) is 7.50. The predicted octanol–water partition coefficient (Wildman–Crippen LogP) is 2.52. The molecule has 0 aliphatic heterocycles. The fourth-order valence-corrected chi connectivity index (χ4v) is 2.75. The zero-order valence-electron chi connectivity index (χ0n) is 13.1. The average molecular weight is 366 g/mol. The molecule has 24 heavy (non-hydrogen) atoms. The standard InChI is InChI=1S/C15H18N4O3S2/c1-23-8-7-12(13(20)18-14-19-16-10-24-14)17-15(21)22-9-11-5-3-2-4-6-11/h2-6,10,12H,7-9H2,1H3,(H,17,21)(H,18,19,20)/t12-/m0/s1. The molecule has 0 bridgehead atoms.